The zero-order valence-electron chi connectivity index (χ0n) is 21.0. The highest BCUT2D eigenvalue weighted by Crippen LogP contribution is 2.37. The molecule has 0 spiro atoms. The van der Waals surface area contributed by atoms with Crippen LogP contribution in [0, 0.1) is 18.6 Å². The fourth-order valence-electron chi connectivity index (χ4n) is 5.31. The van der Waals surface area contributed by atoms with Gasteiger partial charge in [0.1, 0.15) is 0 Å². The van der Waals surface area contributed by atoms with E-state index in [0.717, 1.165) is 58.1 Å². The summed E-state index contributed by atoms with van der Waals surface area (Å²) in [6.45, 7) is 2.68. The molecule has 0 radical (unpaired) electrons. The van der Waals surface area contributed by atoms with Crippen LogP contribution in [-0.2, 0) is 19.4 Å². The van der Waals surface area contributed by atoms with Gasteiger partial charge in [-0.05, 0) is 67.6 Å². The van der Waals surface area contributed by atoms with Gasteiger partial charge in [0.2, 0.25) is 0 Å². The van der Waals surface area contributed by atoms with Crippen LogP contribution in [0.25, 0.3) is 11.3 Å². The zero-order chi connectivity index (χ0) is 27.3. The summed E-state index contributed by atoms with van der Waals surface area (Å²) in [6, 6.07) is 11.2. The Morgan fingerprint density at radius 2 is 1.79 bits per heavy atom. The van der Waals surface area contributed by atoms with Crippen LogP contribution in [0.4, 0.5) is 8.78 Å². The summed E-state index contributed by atoms with van der Waals surface area (Å²) in [4.78, 5) is 42.2. The molecule has 2 aliphatic heterocycles. The van der Waals surface area contributed by atoms with Crippen LogP contribution < -0.4 is 5.32 Å². The van der Waals surface area contributed by atoms with E-state index in [9.17, 15) is 23.2 Å². The maximum atomic E-state index is 14.0. The third-order valence-electron chi connectivity index (χ3n) is 7.17. The molecule has 0 fully saturated rings. The van der Waals surface area contributed by atoms with Crippen molar-refractivity contribution in [2.75, 3.05) is 6.54 Å². The molecule has 0 saturated carbocycles. The van der Waals surface area contributed by atoms with Crippen molar-refractivity contribution in [3.8, 4) is 11.3 Å². The maximum Gasteiger partial charge on any atom is 0.261 e. The number of fused-ring (bicyclic) bond motifs is 4. The molecule has 1 atom stereocenters. The Morgan fingerprint density at radius 1 is 1.05 bits per heavy atom. The molecule has 0 unspecified atom stereocenters. The van der Waals surface area contributed by atoms with Crippen molar-refractivity contribution in [3.05, 3.63) is 98.4 Å². The summed E-state index contributed by atoms with van der Waals surface area (Å²) in [6.07, 6.45) is 3.64. The number of amides is 3. The fraction of sp³-hybridized carbons (Fsp3) is 0.241. The Morgan fingerprint density at radius 3 is 2.51 bits per heavy atom. The number of carbonyl (C=O) groups excluding carboxylic acids is 3. The molecule has 2 aromatic heterocycles. The average Bonchev–Trinajstić information content (AvgIpc) is 3.53. The molecule has 7 nitrogen and oxygen atoms in total. The van der Waals surface area contributed by atoms with E-state index < -0.39 is 29.5 Å². The molecule has 2 aliphatic rings. The van der Waals surface area contributed by atoms with Crippen molar-refractivity contribution in [3.63, 3.8) is 0 Å². The van der Waals surface area contributed by atoms with E-state index in [0.29, 0.717) is 21.6 Å². The van der Waals surface area contributed by atoms with E-state index in [-0.39, 0.29) is 18.9 Å². The number of hydrogen-bond donors (Lipinski definition) is 1. The van der Waals surface area contributed by atoms with Crippen molar-refractivity contribution in [1.29, 1.82) is 0 Å². The topological polar surface area (TPSA) is 84.3 Å². The number of benzene rings is 2. The Balaban J connectivity index is 1.29. The van der Waals surface area contributed by atoms with E-state index in [1.807, 2.05) is 23.9 Å². The SMILES string of the molecule is Cc1cnn2c1-c1cc(C(=O)N[C@@H](Cc3ccc(F)c(F)c3)CN3C(=O)c4ccccc4C3=O)sc1CCC2. The fourth-order valence-corrected chi connectivity index (χ4v) is 6.42. The summed E-state index contributed by atoms with van der Waals surface area (Å²) >= 11 is 1.41. The number of thiophene rings is 1. The highest BCUT2D eigenvalue weighted by Gasteiger charge is 2.37. The molecule has 1 N–H and O–H groups in total. The molecule has 0 aliphatic carbocycles. The van der Waals surface area contributed by atoms with Crippen molar-refractivity contribution >= 4 is 29.1 Å². The molecule has 3 amide bonds. The molecule has 4 aromatic rings. The molecule has 0 bridgehead atoms. The highest BCUT2D eigenvalue weighted by molar-refractivity contribution is 7.14. The zero-order valence-corrected chi connectivity index (χ0v) is 21.9. The minimum Gasteiger partial charge on any atom is -0.346 e. The minimum atomic E-state index is -1.01. The summed E-state index contributed by atoms with van der Waals surface area (Å²) in [5, 5.41) is 7.42. The van der Waals surface area contributed by atoms with Crippen molar-refractivity contribution < 1.29 is 23.2 Å². The largest absolute Gasteiger partial charge is 0.346 e. The number of rotatable bonds is 6. The lowest BCUT2D eigenvalue weighted by atomic mass is 10.0. The Bertz CT molecular complexity index is 1610. The summed E-state index contributed by atoms with van der Waals surface area (Å²) in [5.74, 6) is -3.25. The standard InChI is InChI=1S/C29H24F2N4O3S/c1-16-14-32-35-10-4-7-24-21(26(16)35)13-25(39-24)27(36)33-18(11-17-8-9-22(30)23(31)12-17)15-34-28(37)19-5-2-3-6-20(19)29(34)38/h2-3,5-6,8-9,12-14,18H,4,7,10-11,15H2,1H3,(H,33,36)/t18-/m0/s1. The normalized spacial score (nSPS) is 15.0. The van der Waals surface area contributed by atoms with Crippen molar-refractivity contribution in [1.82, 2.24) is 20.0 Å². The second kappa shape index (κ2) is 9.85. The minimum absolute atomic E-state index is 0.0906. The smallest absolute Gasteiger partial charge is 0.261 e. The van der Waals surface area contributed by atoms with Gasteiger partial charge in [-0.3, -0.25) is 24.0 Å². The van der Waals surface area contributed by atoms with Gasteiger partial charge in [-0.25, -0.2) is 8.78 Å². The first-order valence-electron chi connectivity index (χ1n) is 12.7. The van der Waals surface area contributed by atoms with E-state index in [1.165, 1.54) is 17.4 Å². The lowest BCUT2D eigenvalue weighted by Crippen LogP contribution is -2.46. The second-order valence-corrected chi connectivity index (χ2v) is 11.0. The Hall–Kier alpha value is -4.18. The molecule has 6 rings (SSSR count). The van der Waals surface area contributed by atoms with Crippen LogP contribution in [0.15, 0.2) is 54.7 Å². The molecule has 4 heterocycles. The Kier molecular flexibility index (Phi) is 6.34. The number of carbonyl (C=O) groups is 3. The maximum absolute atomic E-state index is 14.0. The van der Waals surface area contributed by atoms with Gasteiger partial charge in [-0.1, -0.05) is 18.2 Å². The summed E-state index contributed by atoms with van der Waals surface area (Å²) < 4.78 is 29.5. The van der Waals surface area contributed by atoms with Gasteiger partial charge in [-0.2, -0.15) is 5.10 Å². The Labute approximate surface area is 227 Å². The first-order chi connectivity index (χ1) is 18.8. The van der Waals surface area contributed by atoms with Gasteiger partial charge in [0.15, 0.2) is 11.6 Å². The molecular weight excluding hydrogens is 522 g/mol. The number of hydrogen-bond acceptors (Lipinski definition) is 5. The van der Waals surface area contributed by atoms with Crippen LogP contribution in [0.1, 0.15) is 52.8 Å². The van der Waals surface area contributed by atoms with E-state index in [1.54, 1.807) is 24.3 Å². The van der Waals surface area contributed by atoms with Gasteiger partial charge in [0.25, 0.3) is 17.7 Å². The number of imide groups is 1. The third kappa shape index (κ3) is 4.54. The van der Waals surface area contributed by atoms with Crippen LogP contribution in [0.5, 0.6) is 0 Å². The van der Waals surface area contributed by atoms with Crippen LogP contribution >= 0.6 is 11.3 Å². The van der Waals surface area contributed by atoms with Gasteiger partial charge in [-0.15, -0.1) is 11.3 Å². The molecule has 2 aromatic carbocycles. The first-order valence-corrected chi connectivity index (χ1v) is 13.5. The number of aryl methyl sites for hydroxylation is 3. The van der Waals surface area contributed by atoms with Gasteiger partial charge < -0.3 is 5.32 Å². The third-order valence-corrected chi connectivity index (χ3v) is 8.36. The molecule has 198 valence electrons. The van der Waals surface area contributed by atoms with Gasteiger partial charge in [0, 0.05) is 23.5 Å². The monoisotopic (exact) mass is 546 g/mol. The molecule has 39 heavy (non-hydrogen) atoms. The summed E-state index contributed by atoms with van der Waals surface area (Å²) in [7, 11) is 0. The lowest BCUT2D eigenvalue weighted by Gasteiger charge is -2.24. The number of aromatic nitrogens is 2. The van der Waals surface area contributed by atoms with Gasteiger partial charge >= 0.3 is 0 Å². The number of halogens is 2. The first kappa shape index (κ1) is 25.1. The average molecular weight is 547 g/mol. The van der Waals surface area contributed by atoms with Crippen molar-refractivity contribution in [2.45, 2.75) is 38.8 Å². The van der Waals surface area contributed by atoms with Crippen LogP contribution in [0.2, 0.25) is 0 Å². The van der Waals surface area contributed by atoms with E-state index in [2.05, 4.69) is 10.4 Å². The van der Waals surface area contributed by atoms with E-state index in [4.69, 9.17) is 0 Å². The van der Waals surface area contributed by atoms with Gasteiger partial charge in [0.05, 0.1) is 33.9 Å². The quantitative estimate of drug-likeness (QED) is 0.353. The molecular formula is C29H24F2N4O3S. The number of nitrogens with one attached hydrogen (secondary N) is 1. The lowest BCUT2D eigenvalue weighted by molar-refractivity contribution is 0.0629. The second-order valence-electron chi connectivity index (χ2n) is 9.84. The predicted octanol–water partition coefficient (Wildman–Crippen LogP) is 4.78. The van der Waals surface area contributed by atoms with E-state index >= 15 is 0 Å². The van der Waals surface area contributed by atoms with Crippen LogP contribution in [0.3, 0.4) is 0 Å². The highest BCUT2D eigenvalue weighted by atomic mass is 32.1. The molecule has 0 saturated heterocycles. The molecule has 10 heteroatoms. The summed E-state index contributed by atoms with van der Waals surface area (Å²) in [5.41, 5.74) is 4.04. The van der Waals surface area contributed by atoms with Crippen LogP contribution in [-0.4, -0.2) is 45.0 Å². The number of nitrogens with zero attached hydrogens (tertiary/aromatic N) is 3. The predicted molar refractivity (Wildman–Crippen MR) is 142 cm³/mol. The van der Waals surface area contributed by atoms with Crippen molar-refractivity contribution in [2.24, 2.45) is 0 Å².